The first-order valence-corrected chi connectivity index (χ1v) is 9.43. The highest BCUT2D eigenvalue weighted by atomic mass is 32.2. The number of benzene rings is 2. The van der Waals surface area contributed by atoms with Gasteiger partial charge < -0.3 is 11.6 Å². The summed E-state index contributed by atoms with van der Waals surface area (Å²) in [5.41, 5.74) is 9.50. The zero-order valence-corrected chi connectivity index (χ0v) is 15.1. The summed E-state index contributed by atoms with van der Waals surface area (Å²) in [4.78, 5) is 8.93. The topological polar surface area (TPSA) is 117 Å². The van der Waals surface area contributed by atoms with E-state index in [2.05, 4.69) is 9.97 Å². The number of rotatable bonds is 2. The molecule has 0 aliphatic heterocycles. The number of hydrogen-bond donors (Lipinski definition) is 2. The number of aromatic nitrogens is 3. The molecule has 4 aromatic rings. The largest absolute Gasteiger partial charge is 0.382 e. The lowest BCUT2D eigenvalue weighted by atomic mass is 10.1. The Morgan fingerprint density at radius 2 is 1.62 bits per heavy atom. The van der Waals surface area contributed by atoms with Crippen LogP contribution in [0.25, 0.3) is 22.2 Å². The molecule has 0 fully saturated rings. The Morgan fingerprint density at radius 1 is 0.962 bits per heavy atom. The van der Waals surface area contributed by atoms with E-state index in [0.717, 1.165) is 15.8 Å². The highest BCUT2D eigenvalue weighted by Gasteiger charge is 2.29. The minimum absolute atomic E-state index is 0.0893. The van der Waals surface area contributed by atoms with Gasteiger partial charge in [0.25, 0.3) is 0 Å². The monoisotopic (exact) mass is 367 g/mol. The lowest BCUT2D eigenvalue weighted by Crippen LogP contribution is -2.13. The minimum atomic E-state index is -3.91. The van der Waals surface area contributed by atoms with Crippen LogP contribution in [0.2, 0.25) is 0 Å². The molecule has 26 heavy (non-hydrogen) atoms. The Hall–Kier alpha value is -3.13. The van der Waals surface area contributed by atoms with Crippen LogP contribution in [-0.2, 0) is 9.84 Å². The van der Waals surface area contributed by atoms with Gasteiger partial charge >= 0.3 is 0 Å². The van der Waals surface area contributed by atoms with Crippen LogP contribution in [0.5, 0.6) is 0 Å². The Kier molecular flexibility index (Phi) is 3.42. The van der Waals surface area contributed by atoms with Gasteiger partial charge in [0.1, 0.15) is 16.2 Å². The van der Waals surface area contributed by atoms with E-state index < -0.39 is 9.84 Å². The molecule has 2 aromatic carbocycles. The van der Waals surface area contributed by atoms with E-state index >= 15 is 0 Å². The van der Waals surface area contributed by atoms with Crippen molar-refractivity contribution in [2.75, 3.05) is 11.6 Å². The predicted molar refractivity (Wildman–Crippen MR) is 101 cm³/mol. The Morgan fingerprint density at radius 3 is 2.27 bits per heavy atom. The fraction of sp³-hybridized carbons (Fsp3) is 0.111. The van der Waals surface area contributed by atoms with Crippen molar-refractivity contribution in [2.45, 2.75) is 23.6 Å². The molecule has 7 nitrogen and oxygen atoms in total. The maximum atomic E-state index is 13.3. The first-order valence-electron chi connectivity index (χ1n) is 7.95. The SMILES string of the molecule is Cc1ccc(S(=O)(=O)c2c(N)n(N)c3nc4ccccc4nc23)cc1C. The highest BCUT2D eigenvalue weighted by molar-refractivity contribution is 7.92. The summed E-state index contributed by atoms with van der Waals surface area (Å²) >= 11 is 0. The van der Waals surface area contributed by atoms with Crippen molar-refractivity contribution in [3.05, 3.63) is 53.6 Å². The molecule has 132 valence electrons. The molecular weight excluding hydrogens is 350 g/mol. The zero-order chi connectivity index (χ0) is 18.6. The normalized spacial score (nSPS) is 12.1. The van der Waals surface area contributed by atoms with E-state index in [4.69, 9.17) is 11.6 Å². The maximum Gasteiger partial charge on any atom is 0.212 e. The van der Waals surface area contributed by atoms with E-state index in [1.165, 1.54) is 0 Å². The fourth-order valence-corrected chi connectivity index (χ4v) is 4.50. The van der Waals surface area contributed by atoms with Crippen molar-refractivity contribution in [3.63, 3.8) is 0 Å². The summed E-state index contributed by atoms with van der Waals surface area (Å²) < 4.78 is 27.6. The number of nitrogen functional groups attached to an aromatic ring is 2. The molecular formula is C18H17N5O2S. The van der Waals surface area contributed by atoms with Crippen LogP contribution < -0.4 is 11.6 Å². The molecule has 0 atom stereocenters. The van der Waals surface area contributed by atoms with Crippen LogP contribution in [0.1, 0.15) is 11.1 Å². The number of nitrogens with zero attached hydrogens (tertiary/aromatic N) is 3. The van der Waals surface area contributed by atoms with Crippen LogP contribution in [0, 0.1) is 13.8 Å². The highest BCUT2D eigenvalue weighted by Crippen LogP contribution is 2.34. The van der Waals surface area contributed by atoms with E-state index in [0.29, 0.717) is 11.0 Å². The van der Waals surface area contributed by atoms with E-state index in [1.807, 2.05) is 26.0 Å². The third-order valence-electron chi connectivity index (χ3n) is 4.54. The molecule has 0 bridgehead atoms. The minimum Gasteiger partial charge on any atom is -0.382 e. The van der Waals surface area contributed by atoms with Gasteiger partial charge in [-0.25, -0.2) is 23.1 Å². The molecule has 2 heterocycles. The molecule has 4 rings (SSSR count). The first kappa shape index (κ1) is 16.3. The van der Waals surface area contributed by atoms with Crippen LogP contribution in [-0.4, -0.2) is 23.1 Å². The summed E-state index contributed by atoms with van der Waals surface area (Å²) in [6.45, 7) is 3.78. The van der Waals surface area contributed by atoms with Gasteiger partial charge in [-0.3, -0.25) is 0 Å². The second kappa shape index (κ2) is 5.43. The molecule has 0 aliphatic carbocycles. The van der Waals surface area contributed by atoms with Gasteiger partial charge in [-0.2, -0.15) is 0 Å². The summed E-state index contributed by atoms with van der Waals surface area (Å²) in [5, 5.41) is 0. The number of nitrogens with two attached hydrogens (primary N) is 2. The van der Waals surface area contributed by atoms with Gasteiger partial charge in [-0.05, 0) is 49.2 Å². The molecule has 0 unspecified atom stereocenters. The predicted octanol–water partition coefficient (Wildman–Crippen LogP) is 2.33. The van der Waals surface area contributed by atoms with Gasteiger partial charge in [-0.15, -0.1) is 0 Å². The van der Waals surface area contributed by atoms with Crippen molar-refractivity contribution >= 4 is 37.9 Å². The van der Waals surface area contributed by atoms with E-state index in [1.54, 1.807) is 30.3 Å². The third kappa shape index (κ3) is 2.22. The number of anilines is 1. The second-order valence-corrected chi connectivity index (χ2v) is 8.10. The molecule has 0 amide bonds. The summed E-state index contributed by atoms with van der Waals surface area (Å²) in [5.74, 6) is 5.89. The Balaban J connectivity index is 2.08. The van der Waals surface area contributed by atoms with Crippen molar-refractivity contribution in [3.8, 4) is 0 Å². The van der Waals surface area contributed by atoms with Crippen molar-refractivity contribution < 1.29 is 8.42 Å². The van der Waals surface area contributed by atoms with Gasteiger partial charge in [0.15, 0.2) is 5.65 Å². The van der Waals surface area contributed by atoms with Crippen molar-refractivity contribution in [1.29, 1.82) is 0 Å². The molecule has 2 aromatic heterocycles. The molecule has 0 spiro atoms. The summed E-state index contributed by atoms with van der Waals surface area (Å²) in [6, 6.07) is 12.1. The fourth-order valence-electron chi connectivity index (χ4n) is 2.92. The van der Waals surface area contributed by atoms with Crippen molar-refractivity contribution in [1.82, 2.24) is 14.6 Å². The Labute approximate surface area is 150 Å². The summed E-state index contributed by atoms with van der Waals surface area (Å²) in [6.07, 6.45) is 0. The summed E-state index contributed by atoms with van der Waals surface area (Å²) in [7, 11) is -3.91. The number of sulfone groups is 1. The smallest absolute Gasteiger partial charge is 0.212 e. The zero-order valence-electron chi connectivity index (χ0n) is 14.3. The van der Waals surface area contributed by atoms with Crippen LogP contribution in [0.15, 0.2) is 52.3 Å². The standard InChI is InChI=1S/C18H17N5O2S/c1-10-7-8-12(9-11(10)2)26(24,25)16-15-18(23(20)17(16)19)22-14-6-4-3-5-13(14)21-15/h3-9H,19-20H2,1-2H3. The quantitative estimate of drug-likeness (QED) is 0.525. The van der Waals surface area contributed by atoms with E-state index in [-0.39, 0.29) is 26.8 Å². The number of aryl methyl sites for hydroxylation is 2. The molecule has 0 saturated heterocycles. The lowest BCUT2D eigenvalue weighted by molar-refractivity contribution is 0.597. The molecule has 0 radical (unpaired) electrons. The second-order valence-electron chi connectivity index (χ2n) is 6.22. The van der Waals surface area contributed by atoms with Crippen molar-refractivity contribution in [2.24, 2.45) is 0 Å². The lowest BCUT2D eigenvalue weighted by Gasteiger charge is -2.07. The van der Waals surface area contributed by atoms with Crippen LogP contribution >= 0.6 is 0 Å². The third-order valence-corrected chi connectivity index (χ3v) is 6.36. The average molecular weight is 367 g/mol. The molecule has 8 heteroatoms. The number of hydrogen-bond acceptors (Lipinski definition) is 6. The first-order chi connectivity index (χ1) is 12.3. The number of fused-ring (bicyclic) bond motifs is 2. The van der Waals surface area contributed by atoms with E-state index in [9.17, 15) is 8.42 Å². The van der Waals surface area contributed by atoms with Gasteiger partial charge in [-0.1, -0.05) is 18.2 Å². The average Bonchev–Trinajstić information content (AvgIpc) is 2.86. The molecule has 0 aliphatic rings. The maximum absolute atomic E-state index is 13.3. The van der Waals surface area contributed by atoms with Gasteiger partial charge in [0, 0.05) is 0 Å². The van der Waals surface area contributed by atoms with Gasteiger partial charge in [0.05, 0.1) is 15.9 Å². The molecule has 0 saturated carbocycles. The number of para-hydroxylation sites is 2. The van der Waals surface area contributed by atoms with Crippen LogP contribution in [0.4, 0.5) is 5.82 Å². The van der Waals surface area contributed by atoms with Gasteiger partial charge in [0.2, 0.25) is 9.84 Å². The van der Waals surface area contributed by atoms with Crippen LogP contribution in [0.3, 0.4) is 0 Å². The molecule has 4 N–H and O–H groups in total. The Bertz CT molecular complexity index is 1290.